The Labute approximate surface area is 189 Å². The van der Waals surface area contributed by atoms with E-state index in [9.17, 15) is 19.5 Å². The molecule has 162 valence electrons. The maximum Gasteiger partial charge on any atom is 0.353 e. The molecular formula is C20H16N6O4S2. The molecule has 32 heavy (non-hydrogen) atoms. The van der Waals surface area contributed by atoms with Gasteiger partial charge in [-0.3, -0.25) is 14.5 Å². The number of hydrogen-bond acceptors (Lipinski definition) is 8. The Morgan fingerprint density at radius 2 is 2.06 bits per heavy atom. The van der Waals surface area contributed by atoms with Crippen LogP contribution in [0.25, 0.3) is 11.2 Å². The van der Waals surface area contributed by atoms with Gasteiger partial charge in [0.1, 0.15) is 34.0 Å². The van der Waals surface area contributed by atoms with E-state index < -0.39 is 23.3 Å². The molecule has 1 saturated heterocycles. The first-order valence-electron chi connectivity index (χ1n) is 9.59. The third kappa shape index (κ3) is 3.60. The molecule has 0 saturated carbocycles. The molecular weight excluding hydrogens is 452 g/mol. The van der Waals surface area contributed by atoms with Gasteiger partial charge in [-0.2, -0.15) is 0 Å². The number of aromatic amines is 1. The number of nitrogens with zero attached hydrogens (tertiary/aromatic N) is 4. The van der Waals surface area contributed by atoms with Crippen molar-refractivity contribution >= 4 is 52.5 Å². The molecule has 2 aliphatic rings. The smallest absolute Gasteiger partial charge is 0.353 e. The molecule has 2 aliphatic heterocycles. The molecule has 2 amide bonds. The van der Waals surface area contributed by atoms with Crippen molar-refractivity contribution in [2.75, 3.05) is 5.75 Å². The minimum absolute atomic E-state index is 0.0800. The monoisotopic (exact) mass is 468 g/mol. The predicted molar refractivity (Wildman–Crippen MR) is 117 cm³/mol. The quantitative estimate of drug-likeness (QED) is 0.361. The summed E-state index contributed by atoms with van der Waals surface area (Å²) >= 11 is 2.58. The van der Waals surface area contributed by atoms with Gasteiger partial charge < -0.3 is 15.4 Å². The van der Waals surface area contributed by atoms with E-state index in [1.54, 1.807) is 0 Å². The van der Waals surface area contributed by atoms with Crippen LogP contribution in [0.4, 0.5) is 0 Å². The summed E-state index contributed by atoms with van der Waals surface area (Å²) in [6.07, 6.45) is 3.00. The van der Waals surface area contributed by atoms with E-state index in [1.165, 1.54) is 41.1 Å². The number of β-lactam (4-membered cyclic amide) rings is 1. The fourth-order valence-electron chi connectivity index (χ4n) is 3.61. The molecule has 0 aliphatic carbocycles. The zero-order valence-corrected chi connectivity index (χ0v) is 18.0. The van der Waals surface area contributed by atoms with E-state index in [4.69, 9.17) is 0 Å². The van der Waals surface area contributed by atoms with Gasteiger partial charge in [0.15, 0.2) is 5.65 Å². The highest BCUT2D eigenvalue weighted by molar-refractivity contribution is 8.06. The van der Waals surface area contributed by atoms with E-state index >= 15 is 0 Å². The van der Waals surface area contributed by atoms with Gasteiger partial charge in [-0.1, -0.05) is 42.1 Å². The maximum atomic E-state index is 12.8. The number of carbonyl (C=O) groups excluding carboxylic acids is 2. The number of H-pyrrole nitrogens is 1. The Balaban J connectivity index is 1.35. The van der Waals surface area contributed by atoms with Gasteiger partial charge in [0, 0.05) is 10.7 Å². The molecule has 0 bridgehead atoms. The van der Waals surface area contributed by atoms with Gasteiger partial charge in [-0.05, 0) is 5.56 Å². The van der Waals surface area contributed by atoms with Crippen LogP contribution in [-0.4, -0.2) is 64.9 Å². The summed E-state index contributed by atoms with van der Waals surface area (Å²) in [5.41, 5.74) is 1.83. The Morgan fingerprint density at radius 3 is 2.84 bits per heavy atom. The first kappa shape index (κ1) is 20.5. The summed E-state index contributed by atoms with van der Waals surface area (Å²) in [6.45, 7) is 0. The number of nitrogens with one attached hydrogen (secondary N) is 2. The van der Waals surface area contributed by atoms with Crippen LogP contribution in [0.15, 0.2) is 58.6 Å². The highest BCUT2D eigenvalue weighted by Gasteiger charge is 2.54. The van der Waals surface area contributed by atoms with Gasteiger partial charge in [-0.25, -0.2) is 19.7 Å². The second kappa shape index (κ2) is 8.28. The Bertz CT molecular complexity index is 1260. The van der Waals surface area contributed by atoms with Crippen LogP contribution >= 0.6 is 23.5 Å². The Kier molecular flexibility index (Phi) is 5.31. The lowest BCUT2D eigenvalue weighted by molar-refractivity contribution is -0.150. The van der Waals surface area contributed by atoms with Crippen molar-refractivity contribution in [1.29, 1.82) is 0 Å². The van der Waals surface area contributed by atoms with Crippen molar-refractivity contribution in [2.45, 2.75) is 22.9 Å². The number of hydrogen-bond donors (Lipinski definition) is 3. The average Bonchev–Trinajstić information content (AvgIpc) is 3.27. The van der Waals surface area contributed by atoms with E-state index in [2.05, 4.69) is 25.3 Å². The molecule has 2 atom stereocenters. The molecule has 4 heterocycles. The predicted octanol–water partition coefficient (Wildman–Crippen LogP) is 1.38. The van der Waals surface area contributed by atoms with Crippen LogP contribution in [0.3, 0.4) is 0 Å². The first-order chi connectivity index (χ1) is 15.5. The minimum atomic E-state index is -1.20. The lowest BCUT2D eigenvalue weighted by Gasteiger charge is -2.49. The van der Waals surface area contributed by atoms with Crippen molar-refractivity contribution in [3.63, 3.8) is 0 Å². The fourth-order valence-corrected chi connectivity index (χ4v) is 6.11. The van der Waals surface area contributed by atoms with Crippen molar-refractivity contribution in [2.24, 2.45) is 0 Å². The van der Waals surface area contributed by atoms with Crippen LogP contribution < -0.4 is 5.32 Å². The SMILES string of the molecule is O=C(Cc1ccccc1)NC1C(=O)N2C(C(=O)O)=C(Sc3ncnc4nc[nH]c34)CS[C@H]12. The highest BCUT2D eigenvalue weighted by Crippen LogP contribution is 2.45. The van der Waals surface area contributed by atoms with E-state index in [0.717, 1.165) is 5.56 Å². The summed E-state index contributed by atoms with van der Waals surface area (Å²) in [5, 5.41) is 12.7. The van der Waals surface area contributed by atoms with Gasteiger partial charge >= 0.3 is 5.97 Å². The summed E-state index contributed by atoms with van der Waals surface area (Å²) in [5.74, 6) is -1.55. The minimum Gasteiger partial charge on any atom is -0.477 e. The Morgan fingerprint density at radius 1 is 1.25 bits per heavy atom. The van der Waals surface area contributed by atoms with Crippen molar-refractivity contribution in [3.8, 4) is 0 Å². The van der Waals surface area contributed by atoms with Crippen LogP contribution in [-0.2, 0) is 20.8 Å². The second-order valence-corrected chi connectivity index (χ2v) is 9.26. The molecule has 10 nitrogen and oxygen atoms in total. The number of thioether (sulfide) groups is 2. The molecule has 5 rings (SSSR count). The van der Waals surface area contributed by atoms with Gasteiger partial charge in [0.2, 0.25) is 5.91 Å². The zero-order valence-electron chi connectivity index (χ0n) is 16.4. The number of imidazole rings is 1. The van der Waals surface area contributed by atoms with Crippen LogP contribution in [0, 0.1) is 0 Å². The standard InChI is InChI=1S/C20H16N6O4S2/c27-12(6-10-4-2-1-3-5-10)25-14-18(28)26-15(20(29)30)11(7-31-19(14)26)32-17-13-16(22-8-21-13)23-9-24-17/h1-5,8-9,14,19H,6-7H2,(H,25,27)(H,29,30)(H,21,22,23,24)/t14?,19-/m1/s1. The van der Waals surface area contributed by atoms with E-state index in [0.29, 0.717) is 26.8 Å². The molecule has 0 spiro atoms. The van der Waals surface area contributed by atoms with E-state index in [-0.39, 0.29) is 18.0 Å². The van der Waals surface area contributed by atoms with Crippen molar-refractivity contribution in [3.05, 3.63) is 59.2 Å². The average molecular weight is 469 g/mol. The van der Waals surface area contributed by atoms with Gasteiger partial charge in [-0.15, -0.1) is 11.8 Å². The molecule has 0 radical (unpaired) electrons. The third-order valence-electron chi connectivity index (χ3n) is 5.07. The normalized spacial score (nSPS) is 20.1. The number of fused-ring (bicyclic) bond motifs is 2. The van der Waals surface area contributed by atoms with Gasteiger partial charge in [0.05, 0.1) is 12.7 Å². The highest BCUT2D eigenvalue weighted by atomic mass is 32.2. The third-order valence-corrected chi connectivity index (χ3v) is 7.62. The number of aromatic nitrogens is 4. The Hall–Kier alpha value is -3.38. The molecule has 3 aromatic rings. The number of carbonyl (C=O) groups is 3. The topological polar surface area (TPSA) is 141 Å². The second-order valence-electron chi connectivity index (χ2n) is 7.08. The van der Waals surface area contributed by atoms with Crippen molar-refractivity contribution in [1.82, 2.24) is 30.2 Å². The molecule has 3 N–H and O–H groups in total. The molecule has 1 aromatic carbocycles. The van der Waals surface area contributed by atoms with Crippen molar-refractivity contribution < 1.29 is 19.5 Å². The number of aliphatic carboxylic acids is 1. The summed E-state index contributed by atoms with van der Waals surface area (Å²) in [4.78, 5) is 54.3. The first-order valence-corrected chi connectivity index (χ1v) is 11.5. The van der Waals surface area contributed by atoms with Crippen LogP contribution in [0.5, 0.6) is 0 Å². The van der Waals surface area contributed by atoms with Crippen LogP contribution in [0.1, 0.15) is 5.56 Å². The number of amides is 2. The number of benzene rings is 1. The lowest BCUT2D eigenvalue weighted by Crippen LogP contribution is -2.70. The molecule has 2 aromatic heterocycles. The summed E-state index contributed by atoms with van der Waals surface area (Å²) in [7, 11) is 0. The molecule has 1 unspecified atom stereocenters. The number of carboxylic acids is 1. The molecule has 12 heteroatoms. The zero-order chi connectivity index (χ0) is 22.2. The maximum absolute atomic E-state index is 12.8. The van der Waals surface area contributed by atoms with Gasteiger partial charge in [0.25, 0.3) is 5.91 Å². The van der Waals surface area contributed by atoms with E-state index in [1.807, 2.05) is 30.3 Å². The summed E-state index contributed by atoms with van der Waals surface area (Å²) < 4.78 is 0. The van der Waals surface area contributed by atoms with Crippen LogP contribution in [0.2, 0.25) is 0 Å². The summed E-state index contributed by atoms with van der Waals surface area (Å²) in [6, 6.07) is 8.46. The lowest BCUT2D eigenvalue weighted by atomic mass is 10.0. The fraction of sp³-hybridized carbons (Fsp3) is 0.200. The number of carboxylic acid groups (broad SMARTS) is 1. The molecule has 1 fully saturated rings. The number of rotatable bonds is 6. The largest absolute Gasteiger partial charge is 0.477 e.